The number of pyridine rings is 1. The molecule has 27 heavy (non-hydrogen) atoms. The van der Waals surface area contributed by atoms with Crippen LogP contribution in [-0.4, -0.2) is 23.2 Å². The van der Waals surface area contributed by atoms with E-state index in [1.807, 2.05) is 41.3 Å². The molecule has 1 aliphatic rings. The number of rotatable bonds is 15. The highest BCUT2D eigenvalue weighted by Crippen LogP contribution is 2.29. The molecule has 148 valence electrons. The van der Waals surface area contributed by atoms with Crippen LogP contribution in [0, 0.1) is 5.92 Å². The Hall–Kier alpha value is -1.20. The quantitative estimate of drug-likeness (QED) is 0.279. The Morgan fingerprint density at radius 3 is 2.37 bits per heavy atom. The fourth-order valence-electron chi connectivity index (χ4n) is 2.94. The minimum absolute atomic E-state index is 0.199. The number of nitrogens with zero attached hydrogens (tertiary/aromatic N) is 1. The lowest BCUT2D eigenvalue weighted by molar-refractivity contribution is -0.121. The Balaban J connectivity index is 1.29. The summed E-state index contributed by atoms with van der Waals surface area (Å²) in [7, 11) is 3.68. The van der Waals surface area contributed by atoms with Crippen molar-refractivity contribution in [3.05, 3.63) is 48.7 Å². The number of aromatic nitrogens is 1. The lowest BCUT2D eigenvalue weighted by Crippen LogP contribution is -2.27. The van der Waals surface area contributed by atoms with Gasteiger partial charge in [-0.15, -0.1) is 0 Å². The second-order valence-corrected chi connectivity index (χ2v) is 9.33. The zero-order chi connectivity index (χ0) is 19.0. The second-order valence-electron chi connectivity index (χ2n) is 6.89. The minimum atomic E-state index is 0.199. The minimum Gasteiger partial charge on any atom is -0.355 e. The Morgan fingerprint density at radius 1 is 0.963 bits per heavy atom. The third kappa shape index (κ3) is 11.3. The molecule has 0 fully saturated rings. The molecule has 0 aromatic carbocycles. The molecule has 0 atom stereocenters. The van der Waals surface area contributed by atoms with Crippen molar-refractivity contribution < 1.29 is 4.79 Å². The van der Waals surface area contributed by atoms with Gasteiger partial charge in [0.15, 0.2) is 0 Å². The molecule has 1 amide bonds. The zero-order valence-electron chi connectivity index (χ0n) is 16.1. The molecule has 3 nitrogen and oxygen atoms in total. The van der Waals surface area contributed by atoms with E-state index in [1.165, 1.54) is 50.7 Å². The van der Waals surface area contributed by atoms with Crippen LogP contribution in [-0.2, 0) is 4.79 Å². The summed E-state index contributed by atoms with van der Waals surface area (Å²) in [4.78, 5) is 16.1. The van der Waals surface area contributed by atoms with Crippen LogP contribution in [0.2, 0.25) is 0 Å². The van der Waals surface area contributed by atoms with Crippen molar-refractivity contribution in [1.82, 2.24) is 10.3 Å². The van der Waals surface area contributed by atoms with Gasteiger partial charge < -0.3 is 5.32 Å². The molecule has 1 heterocycles. The second kappa shape index (κ2) is 14.8. The summed E-state index contributed by atoms with van der Waals surface area (Å²) in [5.74, 6) is 1.79. The molecule has 5 heteroatoms. The summed E-state index contributed by atoms with van der Waals surface area (Å²) in [5, 5.41) is 4.12. The maximum absolute atomic E-state index is 11.8. The molecular formula is C22H32N2OS2. The van der Waals surface area contributed by atoms with Crippen LogP contribution in [0.1, 0.15) is 57.8 Å². The highest BCUT2D eigenvalue weighted by atomic mass is 33.1. The van der Waals surface area contributed by atoms with Crippen LogP contribution in [0.4, 0.5) is 0 Å². The van der Waals surface area contributed by atoms with E-state index in [0.29, 0.717) is 12.3 Å². The van der Waals surface area contributed by atoms with Crippen molar-refractivity contribution in [2.75, 3.05) is 12.3 Å². The Morgan fingerprint density at radius 2 is 1.67 bits per heavy atom. The molecule has 1 aromatic rings. The van der Waals surface area contributed by atoms with Crippen LogP contribution in [0.25, 0.3) is 0 Å². The predicted molar refractivity (Wildman–Crippen MR) is 119 cm³/mol. The van der Waals surface area contributed by atoms with E-state index in [-0.39, 0.29) is 5.91 Å². The van der Waals surface area contributed by atoms with Crippen LogP contribution >= 0.6 is 21.6 Å². The first kappa shape index (κ1) is 22.1. The van der Waals surface area contributed by atoms with Gasteiger partial charge in [0.2, 0.25) is 5.91 Å². The molecule has 1 aliphatic carbocycles. The number of unbranched alkanes of at least 4 members (excludes halogenated alkanes) is 7. The van der Waals surface area contributed by atoms with Crippen molar-refractivity contribution in [3.8, 4) is 0 Å². The van der Waals surface area contributed by atoms with Crippen molar-refractivity contribution >= 4 is 27.5 Å². The Labute approximate surface area is 172 Å². The lowest BCUT2D eigenvalue weighted by Gasteiger charge is -2.08. The average Bonchev–Trinajstić information content (AvgIpc) is 3.21. The van der Waals surface area contributed by atoms with E-state index in [1.54, 1.807) is 10.8 Å². The van der Waals surface area contributed by atoms with E-state index in [9.17, 15) is 4.79 Å². The Kier molecular flexibility index (Phi) is 12.1. The summed E-state index contributed by atoms with van der Waals surface area (Å²) >= 11 is 0. The van der Waals surface area contributed by atoms with Gasteiger partial charge in [0, 0.05) is 30.8 Å². The lowest BCUT2D eigenvalue weighted by atomic mass is 10.1. The van der Waals surface area contributed by atoms with Gasteiger partial charge in [-0.25, -0.2) is 4.98 Å². The maximum Gasteiger partial charge on any atom is 0.220 e. The molecular weight excluding hydrogens is 372 g/mol. The van der Waals surface area contributed by atoms with Crippen molar-refractivity contribution in [2.45, 2.75) is 62.8 Å². The molecule has 0 saturated heterocycles. The van der Waals surface area contributed by atoms with E-state index in [0.717, 1.165) is 18.0 Å². The van der Waals surface area contributed by atoms with Gasteiger partial charge in [0.25, 0.3) is 0 Å². The van der Waals surface area contributed by atoms with Crippen LogP contribution in [0.3, 0.4) is 0 Å². The first-order chi connectivity index (χ1) is 13.3. The number of amides is 1. The van der Waals surface area contributed by atoms with Gasteiger partial charge >= 0.3 is 0 Å². The van der Waals surface area contributed by atoms with Gasteiger partial charge in [0.1, 0.15) is 5.03 Å². The third-order valence-electron chi connectivity index (χ3n) is 4.53. The van der Waals surface area contributed by atoms with Crippen LogP contribution in [0.15, 0.2) is 53.7 Å². The molecule has 0 saturated carbocycles. The van der Waals surface area contributed by atoms with Crippen molar-refractivity contribution in [2.24, 2.45) is 5.92 Å². The normalized spacial score (nSPS) is 13.3. The fraction of sp³-hybridized carbons (Fsp3) is 0.545. The van der Waals surface area contributed by atoms with E-state index in [4.69, 9.17) is 0 Å². The molecule has 0 radical (unpaired) electrons. The number of carbonyl (C=O) groups excluding carboxylic acids is 1. The number of hydrogen-bond acceptors (Lipinski definition) is 4. The highest BCUT2D eigenvalue weighted by Gasteiger charge is 2.06. The summed E-state index contributed by atoms with van der Waals surface area (Å²) in [5.41, 5.74) is 0. The summed E-state index contributed by atoms with van der Waals surface area (Å²) in [6, 6.07) is 6.05. The number of nitrogens with one attached hydrogen (secondary N) is 1. The largest absolute Gasteiger partial charge is 0.355 e. The summed E-state index contributed by atoms with van der Waals surface area (Å²) < 4.78 is 0. The van der Waals surface area contributed by atoms with Crippen LogP contribution < -0.4 is 5.32 Å². The van der Waals surface area contributed by atoms with E-state index < -0.39 is 0 Å². The Bertz CT molecular complexity index is 563. The van der Waals surface area contributed by atoms with Gasteiger partial charge in [-0.1, -0.05) is 79.7 Å². The smallest absolute Gasteiger partial charge is 0.220 e. The standard InChI is InChI=1S/C22H32N2OS2/c25-21(24-19-20-13-8-9-14-20)15-7-5-3-1-2-4-6-12-18-26-27-22-16-10-11-17-23-22/h8-11,13-14,16-17,20H,1-7,12,15,18-19H2,(H,24,25). The molecule has 1 aromatic heterocycles. The van der Waals surface area contributed by atoms with Crippen molar-refractivity contribution in [1.29, 1.82) is 0 Å². The van der Waals surface area contributed by atoms with Gasteiger partial charge in [-0.2, -0.15) is 0 Å². The number of allylic oxidation sites excluding steroid dienone is 2. The summed E-state index contributed by atoms with van der Waals surface area (Å²) in [6.07, 6.45) is 20.9. The molecule has 2 rings (SSSR count). The van der Waals surface area contributed by atoms with E-state index in [2.05, 4.69) is 28.5 Å². The van der Waals surface area contributed by atoms with Gasteiger partial charge in [-0.05, 0) is 35.8 Å². The molecule has 0 aliphatic heterocycles. The molecule has 0 spiro atoms. The zero-order valence-corrected chi connectivity index (χ0v) is 17.8. The average molecular weight is 405 g/mol. The SMILES string of the molecule is O=C(CCCCCCCCCCSSc1ccccn1)NCC1C=CC=C1. The fourth-order valence-corrected chi connectivity index (χ4v) is 4.97. The third-order valence-corrected chi connectivity index (χ3v) is 6.88. The first-order valence-electron chi connectivity index (χ1n) is 10.2. The molecule has 1 N–H and O–H groups in total. The topological polar surface area (TPSA) is 42.0 Å². The molecule has 0 bridgehead atoms. The number of carbonyl (C=O) groups is 1. The highest BCUT2D eigenvalue weighted by molar-refractivity contribution is 8.76. The van der Waals surface area contributed by atoms with E-state index >= 15 is 0 Å². The molecule has 0 unspecified atom stereocenters. The monoisotopic (exact) mass is 404 g/mol. The van der Waals surface area contributed by atoms with Crippen LogP contribution in [0.5, 0.6) is 0 Å². The van der Waals surface area contributed by atoms with Gasteiger partial charge in [-0.3, -0.25) is 4.79 Å². The van der Waals surface area contributed by atoms with Gasteiger partial charge in [0.05, 0.1) is 0 Å². The van der Waals surface area contributed by atoms with Crippen molar-refractivity contribution in [3.63, 3.8) is 0 Å². The maximum atomic E-state index is 11.8. The summed E-state index contributed by atoms with van der Waals surface area (Å²) in [6.45, 7) is 0.741. The predicted octanol–water partition coefficient (Wildman–Crippen LogP) is 6.19. The first-order valence-corrected chi connectivity index (χ1v) is 12.5. The number of hydrogen-bond donors (Lipinski definition) is 1.